The molecule has 1 atom stereocenters. The number of benzene rings is 1. The maximum absolute atomic E-state index is 12.7. The molecular formula is C16H23N3O3S. The Labute approximate surface area is 137 Å². The summed E-state index contributed by atoms with van der Waals surface area (Å²) in [7, 11) is -3.26. The number of amides is 1. The largest absolute Gasteiger partial charge is 0.338 e. The summed E-state index contributed by atoms with van der Waals surface area (Å²) >= 11 is 0. The van der Waals surface area contributed by atoms with E-state index < -0.39 is 10.0 Å². The predicted molar refractivity (Wildman–Crippen MR) is 90.0 cm³/mol. The van der Waals surface area contributed by atoms with E-state index in [0.29, 0.717) is 37.3 Å². The number of carbonyl (C=O) groups excluding carboxylic acids is 1. The van der Waals surface area contributed by atoms with Gasteiger partial charge in [0.2, 0.25) is 10.0 Å². The smallest absolute Gasteiger partial charge is 0.253 e. The van der Waals surface area contributed by atoms with E-state index in [1.54, 1.807) is 12.1 Å². The van der Waals surface area contributed by atoms with Gasteiger partial charge < -0.3 is 10.6 Å². The van der Waals surface area contributed by atoms with Crippen molar-refractivity contribution < 1.29 is 13.2 Å². The van der Waals surface area contributed by atoms with Crippen molar-refractivity contribution in [2.24, 2.45) is 11.1 Å². The molecule has 2 aliphatic heterocycles. The summed E-state index contributed by atoms with van der Waals surface area (Å²) in [6.07, 6.45) is 2.77. The van der Waals surface area contributed by atoms with Crippen molar-refractivity contribution in [3.8, 4) is 0 Å². The molecule has 0 aromatic heterocycles. The molecule has 1 amide bonds. The molecule has 1 aromatic carbocycles. The molecule has 6 nitrogen and oxygen atoms in total. The number of nitrogens with two attached hydrogens (primary N) is 1. The zero-order valence-corrected chi connectivity index (χ0v) is 14.4. The molecule has 3 rings (SSSR count). The van der Waals surface area contributed by atoms with Crippen LogP contribution in [0.1, 0.15) is 29.3 Å². The second kappa shape index (κ2) is 5.49. The highest BCUT2D eigenvalue weighted by molar-refractivity contribution is 7.92. The van der Waals surface area contributed by atoms with Crippen molar-refractivity contribution in [1.82, 2.24) is 4.90 Å². The summed E-state index contributed by atoms with van der Waals surface area (Å²) in [5.41, 5.74) is 8.03. The molecule has 1 saturated heterocycles. The lowest BCUT2D eigenvalue weighted by Gasteiger charge is -2.23. The van der Waals surface area contributed by atoms with Gasteiger partial charge in [-0.05, 0) is 48.6 Å². The first-order chi connectivity index (χ1) is 10.7. The summed E-state index contributed by atoms with van der Waals surface area (Å²) in [5.74, 6) is 0.00257. The van der Waals surface area contributed by atoms with E-state index in [1.807, 2.05) is 11.0 Å². The Hall–Kier alpha value is -1.60. The van der Waals surface area contributed by atoms with Crippen molar-refractivity contribution in [2.75, 3.05) is 36.7 Å². The van der Waals surface area contributed by atoms with E-state index in [-0.39, 0.29) is 11.3 Å². The van der Waals surface area contributed by atoms with Crippen LogP contribution in [0, 0.1) is 5.41 Å². The summed E-state index contributed by atoms with van der Waals surface area (Å²) in [5, 5.41) is 0. The molecule has 2 aliphatic rings. The molecule has 0 radical (unpaired) electrons. The van der Waals surface area contributed by atoms with Gasteiger partial charge in [0, 0.05) is 25.2 Å². The van der Waals surface area contributed by atoms with Crippen LogP contribution in [0.25, 0.3) is 0 Å². The third-order valence-electron chi connectivity index (χ3n) is 4.92. The van der Waals surface area contributed by atoms with Crippen LogP contribution in [0.2, 0.25) is 0 Å². The van der Waals surface area contributed by atoms with E-state index in [1.165, 1.54) is 10.6 Å². The lowest BCUT2D eigenvalue weighted by atomic mass is 9.90. The average molecular weight is 337 g/mol. The molecule has 23 heavy (non-hydrogen) atoms. The van der Waals surface area contributed by atoms with E-state index in [2.05, 4.69) is 6.92 Å². The highest BCUT2D eigenvalue weighted by Gasteiger charge is 2.35. The lowest BCUT2D eigenvalue weighted by molar-refractivity contribution is 0.0777. The van der Waals surface area contributed by atoms with Crippen LogP contribution in [-0.2, 0) is 16.4 Å². The summed E-state index contributed by atoms with van der Waals surface area (Å²) in [6.45, 7) is 4.52. The second-order valence-corrected chi connectivity index (χ2v) is 8.83. The molecule has 2 N–H and O–H groups in total. The topological polar surface area (TPSA) is 83.7 Å². The average Bonchev–Trinajstić information content (AvgIpc) is 3.09. The van der Waals surface area contributed by atoms with E-state index in [4.69, 9.17) is 5.73 Å². The zero-order valence-electron chi connectivity index (χ0n) is 13.6. The molecule has 1 unspecified atom stereocenters. The fourth-order valence-corrected chi connectivity index (χ4v) is 4.35. The van der Waals surface area contributed by atoms with Crippen molar-refractivity contribution >= 4 is 21.6 Å². The SMILES string of the molecule is CC1(CN)CCN(C(=O)c2ccc3c(c2)CCN3S(C)(=O)=O)C1. The highest BCUT2D eigenvalue weighted by atomic mass is 32.2. The molecule has 0 spiro atoms. The molecule has 126 valence electrons. The molecule has 0 saturated carbocycles. The van der Waals surface area contributed by atoms with Gasteiger partial charge in [-0.1, -0.05) is 6.92 Å². The minimum Gasteiger partial charge on any atom is -0.338 e. The van der Waals surface area contributed by atoms with E-state index >= 15 is 0 Å². The minimum atomic E-state index is -3.26. The zero-order chi connectivity index (χ0) is 16.8. The second-order valence-electron chi connectivity index (χ2n) is 6.92. The Morgan fingerprint density at radius 1 is 1.35 bits per heavy atom. The Morgan fingerprint density at radius 3 is 2.70 bits per heavy atom. The van der Waals surface area contributed by atoms with Crippen LogP contribution >= 0.6 is 0 Å². The van der Waals surface area contributed by atoms with Crippen LogP contribution in [-0.4, -0.2) is 51.7 Å². The van der Waals surface area contributed by atoms with Gasteiger partial charge in [-0.3, -0.25) is 9.10 Å². The van der Waals surface area contributed by atoms with Gasteiger partial charge in [-0.25, -0.2) is 8.42 Å². The molecule has 1 aromatic rings. The predicted octanol–water partition coefficient (Wildman–Crippen LogP) is 0.820. The van der Waals surface area contributed by atoms with Crippen LogP contribution in [0.5, 0.6) is 0 Å². The van der Waals surface area contributed by atoms with Gasteiger partial charge in [-0.15, -0.1) is 0 Å². The summed E-state index contributed by atoms with van der Waals surface area (Å²) in [4.78, 5) is 14.5. The van der Waals surface area contributed by atoms with Crippen LogP contribution < -0.4 is 10.0 Å². The van der Waals surface area contributed by atoms with Crippen molar-refractivity contribution in [2.45, 2.75) is 19.8 Å². The maximum atomic E-state index is 12.7. The van der Waals surface area contributed by atoms with E-state index in [9.17, 15) is 13.2 Å². The van der Waals surface area contributed by atoms with Gasteiger partial charge in [0.25, 0.3) is 5.91 Å². The number of carbonyl (C=O) groups is 1. The lowest BCUT2D eigenvalue weighted by Crippen LogP contribution is -2.34. The molecule has 1 fully saturated rings. The summed E-state index contributed by atoms with van der Waals surface area (Å²) < 4.78 is 24.9. The quantitative estimate of drug-likeness (QED) is 0.885. The highest BCUT2D eigenvalue weighted by Crippen LogP contribution is 2.33. The van der Waals surface area contributed by atoms with Crippen LogP contribution in [0.15, 0.2) is 18.2 Å². The molecule has 7 heteroatoms. The Balaban J connectivity index is 1.82. The fraction of sp³-hybridized carbons (Fsp3) is 0.562. The standard InChI is InChI=1S/C16H23N3O3S/c1-16(10-17)6-8-18(11-16)15(20)13-3-4-14-12(9-13)5-7-19(14)23(2,21)22/h3-4,9H,5-8,10-11,17H2,1-2H3. The first-order valence-corrected chi connectivity index (χ1v) is 9.68. The van der Waals surface area contributed by atoms with Gasteiger partial charge in [0.05, 0.1) is 11.9 Å². The van der Waals surface area contributed by atoms with Gasteiger partial charge in [-0.2, -0.15) is 0 Å². The molecule has 0 bridgehead atoms. The van der Waals surface area contributed by atoms with E-state index in [0.717, 1.165) is 18.5 Å². The van der Waals surface area contributed by atoms with Gasteiger partial charge in [0.1, 0.15) is 0 Å². The van der Waals surface area contributed by atoms with Crippen molar-refractivity contribution in [3.05, 3.63) is 29.3 Å². The Kier molecular flexibility index (Phi) is 3.88. The Morgan fingerprint density at radius 2 is 2.09 bits per heavy atom. The van der Waals surface area contributed by atoms with Gasteiger partial charge >= 0.3 is 0 Å². The maximum Gasteiger partial charge on any atom is 0.253 e. The van der Waals surface area contributed by atoms with Crippen LogP contribution in [0.4, 0.5) is 5.69 Å². The monoisotopic (exact) mass is 337 g/mol. The van der Waals surface area contributed by atoms with Crippen LogP contribution in [0.3, 0.4) is 0 Å². The third-order valence-corrected chi connectivity index (χ3v) is 6.10. The number of nitrogens with zero attached hydrogens (tertiary/aromatic N) is 2. The van der Waals surface area contributed by atoms with Gasteiger partial charge in [0.15, 0.2) is 0 Å². The molecular weight excluding hydrogens is 314 g/mol. The Bertz CT molecular complexity index is 747. The number of fused-ring (bicyclic) bond motifs is 1. The number of anilines is 1. The number of sulfonamides is 1. The number of hydrogen-bond donors (Lipinski definition) is 1. The first kappa shape index (κ1) is 16.3. The number of rotatable bonds is 3. The number of likely N-dealkylation sites (tertiary alicyclic amines) is 1. The van der Waals surface area contributed by atoms with Crippen molar-refractivity contribution in [3.63, 3.8) is 0 Å². The molecule has 0 aliphatic carbocycles. The normalized spacial score (nSPS) is 24.1. The first-order valence-electron chi connectivity index (χ1n) is 7.83. The van der Waals surface area contributed by atoms with Crippen molar-refractivity contribution in [1.29, 1.82) is 0 Å². The fourth-order valence-electron chi connectivity index (χ4n) is 3.40. The third kappa shape index (κ3) is 2.95. The minimum absolute atomic E-state index is 0.000520. The number of hydrogen-bond acceptors (Lipinski definition) is 4. The summed E-state index contributed by atoms with van der Waals surface area (Å²) in [6, 6.07) is 5.30. The molecule has 2 heterocycles.